The van der Waals surface area contributed by atoms with E-state index in [-0.39, 0.29) is 0 Å². The Morgan fingerprint density at radius 2 is 1.02 bits per heavy atom. The zero-order chi connectivity index (χ0) is 31.6. The van der Waals surface area contributed by atoms with Gasteiger partial charge in [-0.15, -0.1) is 0 Å². The number of benzene rings is 7. The second kappa shape index (κ2) is 10.5. The molecule has 0 radical (unpaired) electrons. The van der Waals surface area contributed by atoms with Gasteiger partial charge in [-0.2, -0.15) is 9.97 Å². The molecule has 0 bridgehead atoms. The maximum absolute atomic E-state index is 6.59. The Kier molecular flexibility index (Phi) is 5.81. The molecule has 0 saturated heterocycles. The van der Waals surface area contributed by atoms with Gasteiger partial charge in [0.05, 0.1) is 11.0 Å². The van der Waals surface area contributed by atoms with Gasteiger partial charge in [0.25, 0.3) is 0 Å². The Labute approximate surface area is 275 Å². The van der Waals surface area contributed by atoms with Crippen molar-refractivity contribution in [3.63, 3.8) is 0 Å². The predicted molar refractivity (Wildman–Crippen MR) is 195 cm³/mol. The quantitative estimate of drug-likeness (QED) is 0.198. The SMILES string of the molecule is c1ccc(-c2nc(-c3ccc4oc5c(-c6cccc7ccccc67)cccc5c4c3)nc(-n3c4ccccc4c4ccccc43)n2)cc1. The van der Waals surface area contributed by atoms with E-state index in [9.17, 15) is 0 Å². The number of nitrogens with zero attached hydrogens (tertiary/aromatic N) is 4. The van der Waals surface area contributed by atoms with Crippen LogP contribution in [0.25, 0.3) is 94.4 Å². The molecule has 0 unspecified atom stereocenters. The van der Waals surface area contributed by atoms with Crippen LogP contribution in [0.1, 0.15) is 0 Å². The summed E-state index contributed by atoms with van der Waals surface area (Å²) in [7, 11) is 0. The fraction of sp³-hybridized carbons (Fsp3) is 0. The minimum atomic E-state index is 0.576. The summed E-state index contributed by atoms with van der Waals surface area (Å²) >= 11 is 0. The van der Waals surface area contributed by atoms with Gasteiger partial charge in [-0.05, 0) is 46.7 Å². The average molecular weight is 615 g/mol. The van der Waals surface area contributed by atoms with Gasteiger partial charge < -0.3 is 4.42 Å². The van der Waals surface area contributed by atoms with Crippen LogP contribution < -0.4 is 0 Å². The summed E-state index contributed by atoms with van der Waals surface area (Å²) in [6, 6.07) is 54.4. The van der Waals surface area contributed by atoms with Crippen molar-refractivity contribution in [2.24, 2.45) is 0 Å². The predicted octanol–water partition coefficient (Wildman–Crippen LogP) is 11.0. The molecular weight excluding hydrogens is 589 g/mol. The van der Waals surface area contributed by atoms with E-state index in [1.807, 2.05) is 42.5 Å². The smallest absolute Gasteiger partial charge is 0.238 e. The van der Waals surface area contributed by atoms with Crippen LogP contribution in [-0.4, -0.2) is 19.5 Å². The lowest BCUT2D eigenvalue weighted by Crippen LogP contribution is -2.06. The van der Waals surface area contributed by atoms with E-state index in [1.54, 1.807) is 0 Å². The van der Waals surface area contributed by atoms with Crippen LogP contribution in [-0.2, 0) is 0 Å². The van der Waals surface area contributed by atoms with E-state index in [0.29, 0.717) is 17.6 Å². The molecule has 224 valence electrons. The van der Waals surface area contributed by atoms with Crippen LogP contribution in [0, 0.1) is 0 Å². The van der Waals surface area contributed by atoms with Crippen LogP contribution in [0.3, 0.4) is 0 Å². The van der Waals surface area contributed by atoms with Crippen LogP contribution in [0.15, 0.2) is 162 Å². The molecule has 7 aromatic carbocycles. The Hall–Kier alpha value is -6.59. The van der Waals surface area contributed by atoms with Crippen molar-refractivity contribution >= 4 is 54.5 Å². The highest BCUT2D eigenvalue weighted by molar-refractivity contribution is 6.13. The third-order valence-corrected chi connectivity index (χ3v) is 9.27. The zero-order valence-corrected chi connectivity index (χ0v) is 25.7. The molecule has 5 nitrogen and oxygen atoms in total. The summed E-state index contributed by atoms with van der Waals surface area (Å²) < 4.78 is 8.74. The largest absolute Gasteiger partial charge is 0.455 e. The number of para-hydroxylation sites is 3. The molecule has 0 fully saturated rings. The highest BCUT2D eigenvalue weighted by Crippen LogP contribution is 2.40. The fourth-order valence-electron chi connectivity index (χ4n) is 7.06. The maximum Gasteiger partial charge on any atom is 0.238 e. The summed E-state index contributed by atoms with van der Waals surface area (Å²) in [5.41, 5.74) is 7.83. The Morgan fingerprint density at radius 3 is 1.81 bits per heavy atom. The Morgan fingerprint density at radius 1 is 0.417 bits per heavy atom. The molecule has 0 aliphatic carbocycles. The minimum Gasteiger partial charge on any atom is -0.455 e. The first-order valence-corrected chi connectivity index (χ1v) is 16.0. The second-order valence-electron chi connectivity index (χ2n) is 12.0. The van der Waals surface area contributed by atoms with E-state index >= 15 is 0 Å². The molecule has 10 aromatic rings. The zero-order valence-electron chi connectivity index (χ0n) is 25.7. The molecule has 0 atom stereocenters. The Balaban J connectivity index is 1.20. The van der Waals surface area contributed by atoms with Gasteiger partial charge in [0.2, 0.25) is 5.95 Å². The van der Waals surface area contributed by atoms with Gasteiger partial charge in [0.1, 0.15) is 11.2 Å². The van der Waals surface area contributed by atoms with Crippen molar-refractivity contribution in [3.8, 4) is 39.9 Å². The summed E-state index contributed by atoms with van der Waals surface area (Å²) in [5.74, 6) is 1.79. The molecule has 0 saturated carbocycles. The molecule has 3 aromatic heterocycles. The van der Waals surface area contributed by atoms with Gasteiger partial charge in [-0.25, -0.2) is 4.98 Å². The molecule has 0 amide bonds. The van der Waals surface area contributed by atoms with Gasteiger partial charge >= 0.3 is 0 Å². The van der Waals surface area contributed by atoms with E-state index < -0.39 is 0 Å². The molecule has 0 spiro atoms. The number of hydrogen-bond donors (Lipinski definition) is 0. The van der Waals surface area contributed by atoms with Crippen LogP contribution in [0.2, 0.25) is 0 Å². The maximum atomic E-state index is 6.59. The van der Waals surface area contributed by atoms with Crippen molar-refractivity contribution in [1.29, 1.82) is 0 Å². The van der Waals surface area contributed by atoms with Crippen molar-refractivity contribution < 1.29 is 4.42 Å². The lowest BCUT2D eigenvalue weighted by Gasteiger charge is -2.11. The van der Waals surface area contributed by atoms with Crippen molar-refractivity contribution in [2.45, 2.75) is 0 Å². The summed E-state index contributed by atoms with van der Waals surface area (Å²) in [5, 5.41) is 6.79. The molecule has 0 aliphatic rings. The van der Waals surface area contributed by atoms with Gasteiger partial charge in [-0.1, -0.05) is 127 Å². The van der Waals surface area contributed by atoms with E-state index in [2.05, 4.69) is 120 Å². The number of rotatable bonds is 4. The standard InChI is InChI=1S/C43H26N4O/c1-2-13-28(14-3-1)41-44-42(46-43(45-41)47-37-22-8-6-17-32(37)33-18-7-9-23-38(33)47)29-24-25-39-36(26-29)35-21-11-20-34(40(35)48-39)31-19-10-15-27-12-4-5-16-30(27)31/h1-26H. The highest BCUT2D eigenvalue weighted by Gasteiger charge is 2.19. The number of furan rings is 1. The number of hydrogen-bond acceptors (Lipinski definition) is 4. The van der Waals surface area contributed by atoms with Crippen LogP contribution in [0.5, 0.6) is 0 Å². The van der Waals surface area contributed by atoms with E-state index in [4.69, 9.17) is 19.4 Å². The summed E-state index contributed by atoms with van der Waals surface area (Å²) in [6.07, 6.45) is 0. The van der Waals surface area contributed by atoms with Crippen LogP contribution in [0.4, 0.5) is 0 Å². The Bertz CT molecular complexity index is 2790. The monoisotopic (exact) mass is 614 g/mol. The molecule has 5 heteroatoms. The molecule has 0 aliphatic heterocycles. The van der Waals surface area contributed by atoms with Crippen molar-refractivity contribution in [1.82, 2.24) is 19.5 Å². The third-order valence-electron chi connectivity index (χ3n) is 9.27. The van der Waals surface area contributed by atoms with Crippen LogP contribution >= 0.6 is 0 Å². The fourth-order valence-corrected chi connectivity index (χ4v) is 7.06. The van der Waals surface area contributed by atoms with E-state index in [0.717, 1.165) is 66.0 Å². The average Bonchev–Trinajstić information content (AvgIpc) is 3.70. The molecule has 0 N–H and O–H groups in total. The summed E-state index contributed by atoms with van der Waals surface area (Å²) in [6.45, 7) is 0. The highest BCUT2D eigenvalue weighted by atomic mass is 16.3. The molecule has 10 rings (SSSR count). The normalized spacial score (nSPS) is 11.8. The lowest BCUT2D eigenvalue weighted by molar-refractivity contribution is 0.670. The second-order valence-corrected chi connectivity index (χ2v) is 12.0. The number of fused-ring (bicyclic) bond motifs is 7. The topological polar surface area (TPSA) is 56.7 Å². The van der Waals surface area contributed by atoms with Gasteiger partial charge in [0, 0.05) is 38.2 Å². The van der Waals surface area contributed by atoms with Crippen molar-refractivity contribution in [2.75, 3.05) is 0 Å². The first-order valence-electron chi connectivity index (χ1n) is 16.0. The minimum absolute atomic E-state index is 0.576. The van der Waals surface area contributed by atoms with Gasteiger partial charge in [-0.3, -0.25) is 4.57 Å². The number of aromatic nitrogens is 4. The summed E-state index contributed by atoms with van der Waals surface area (Å²) in [4.78, 5) is 15.3. The van der Waals surface area contributed by atoms with Gasteiger partial charge in [0.15, 0.2) is 11.6 Å². The first kappa shape index (κ1) is 26.6. The lowest BCUT2D eigenvalue weighted by atomic mass is 9.96. The van der Waals surface area contributed by atoms with Crippen molar-refractivity contribution in [3.05, 3.63) is 158 Å². The first-order chi connectivity index (χ1) is 23.8. The molecule has 48 heavy (non-hydrogen) atoms. The molecule has 3 heterocycles. The molecular formula is C43H26N4O. The van der Waals surface area contributed by atoms with E-state index in [1.165, 1.54) is 10.8 Å². The third kappa shape index (κ3) is 4.08.